The lowest BCUT2D eigenvalue weighted by atomic mass is 9.74. The van der Waals surface area contributed by atoms with Gasteiger partial charge in [-0.05, 0) is 25.3 Å². The standard InChI is InChI=1S/C23H32N6O2/c1-3-24-22(28-11-12-29(21(30)17-28)20-15-26-27(2)16-20)25-18-23(9-13-31-14-10-23)19-7-5-4-6-8-19/h4-8,15-16H,3,9-14,17-18H2,1-2H3,(H,24,25). The number of hydrogen-bond acceptors (Lipinski definition) is 4. The molecule has 0 aliphatic carbocycles. The lowest BCUT2D eigenvalue weighted by Gasteiger charge is -2.38. The molecule has 1 aromatic heterocycles. The van der Waals surface area contributed by atoms with Crippen molar-refractivity contribution in [2.45, 2.75) is 25.2 Å². The molecule has 166 valence electrons. The number of aryl methyl sites for hydroxylation is 1. The number of carbonyl (C=O) groups excluding carboxylic acids is 1. The molecule has 0 saturated carbocycles. The molecule has 4 rings (SSSR count). The maximum Gasteiger partial charge on any atom is 0.246 e. The topological polar surface area (TPSA) is 75.0 Å². The number of anilines is 1. The van der Waals surface area contributed by atoms with E-state index in [0.29, 0.717) is 19.6 Å². The van der Waals surface area contributed by atoms with E-state index >= 15 is 0 Å². The Balaban J connectivity index is 1.51. The van der Waals surface area contributed by atoms with Gasteiger partial charge in [-0.1, -0.05) is 30.3 Å². The predicted octanol–water partition coefficient (Wildman–Crippen LogP) is 1.78. The highest BCUT2D eigenvalue weighted by Gasteiger charge is 2.35. The van der Waals surface area contributed by atoms with E-state index in [9.17, 15) is 4.79 Å². The van der Waals surface area contributed by atoms with E-state index in [2.05, 4.69) is 52.6 Å². The summed E-state index contributed by atoms with van der Waals surface area (Å²) in [6, 6.07) is 10.6. The largest absolute Gasteiger partial charge is 0.381 e. The Hall–Kier alpha value is -2.87. The normalized spacial score (nSPS) is 19.5. The molecule has 1 N–H and O–H groups in total. The summed E-state index contributed by atoms with van der Waals surface area (Å²) in [6.45, 7) is 6.66. The summed E-state index contributed by atoms with van der Waals surface area (Å²) < 4.78 is 7.37. The minimum absolute atomic E-state index is 0.0261. The molecule has 8 heteroatoms. The van der Waals surface area contributed by atoms with Gasteiger partial charge in [0.15, 0.2) is 5.96 Å². The molecular formula is C23H32N6O2. The number of ether oxygens (including phenoxy) is 1. The van der Waals surface area contributed by atoms with Gasteiger partial charge in [-0.2, -0.15) is 5.10 Å². The Morgan fingerprint density at radius 1 is 1.23 bits per heavy atom. The molecule has 2 fully saturated rings. The highest BCUT2D eigenvalue weighted by atomic mass is 16.5. The quantitative estimate of drug-likeness (QED) is 0.585. The maximum atomic E-state index is 12.9. The molecule has 0 atom stereocenters. The average Bonchev–Trinajstić information content (AvgIpc) is 3.23. The monoisotopic (exact) mass is 424 g/mol. The molecular weight excluding hydrogens is 392 g/mol. The van der Waals surface area contributed by atoms with Crippen LogP contribution in [0.15, 0.2) is 47.7 Å². The summed E-state index contributed by atoms with van der Waals surface area (Å²) in [5.74, 6) is 0.872. The lowest BCUT2D eigenvalue weighted by molar-refractivity contribution is -0.120. The van der Waals surface area contributed by atoms with Crippen LogP contribution in [0.3, 0.4) is 0 Å². The first-order chi connectivity index (χ1) is 15.1. The molecule has 2 aliphatic rings. The van der Waals surface area contributed by atoms with Gasteiger partial charge in [-0.3, -0.25) is 14.5 Å². The highest BCUT2D eigenvalue weighted by Crippen LogP contribution is 2.35. The van der Waals surface area contributed by atoms with Crippen LogP contribution in [0.2, 0.25) is 0 Å². The second-order valence-electron chi connectivity index (χ2n) is 8.27. The number of carbonyl (C=O) groups is 1. The number of guanidine groups is 1. The zero-order valence-electron chi connectivity index (χ0n) is 18.5. The van der Waals surface area contributed by atoms with Gasteiger partial charge in [-0.15, -0.1) is 0 Å². The minimum Gasteiger partial charge on any atom is -0.381 e. The van der Waals surface area contributed by atoms with E-state index in [-0.39, 0.29) is 11.3 Å². The number of aromatic nitrogens is 2. The number of piperazine rings is 1. The maximum absolute atomic E-state index is 12.9. The van der Waals surface area contributed by atoms with Crippen LogP contribution < -0.4 is 10.2 Å². The molecule has 3 heterocycles. The molecule has 8 nitrogen and oxygen atoms in total. The SMILES string of the molecule is CCNC(=NCC1(c2ccccc2)CCOCC1)N1CCN(c2cnn(C)c2)C(=O)C1. The number of nitrogens with one attached hydrogen (secondary N) is 1. The van der Waals surface area contributed by atoms with E-state index in [1.165, 1.54) is 5.56 Å². The predicted molar refractivity (Wildman–Crippen MR) is 121 cm³/mol. The van der Waals surface area contributed by atoms with Gasteiger partial charge in [0.25, 0.3) is 0 Å². The Bertz CT molecular complexity index is 904. The first-order valence-electron chi connectivity index (χ1n) is 11.1. The van der Waals surface area contributed by atoms with Crippen LogP contribution in [0.4, 0.5) is 5.69 Å². The lowest BCUT2D eigenvalue weighted by Crippen LogP contribution is -2.55. The number of amides is 1. The third-order valence-electron chi connectivity index (χ3n) is 6.23. The zero-order chi connectivity index (χ0) is 21.7. The van der Waals surface area contributed by atoms with Crippen molar-refractivity contribution in [2.24, 2.45) is 12.0 Å². The molecule has 2 saturated heterocycles. The Morgan fingerprint density at radius 2 is 2.00 bits per heavy atom. The van der Waals surface area contributed by atoms with Crippen LogP contribution in [-0.2, 0) is 22.0 Å². The summed E-state index contributed by atoms with van der Waals surface area (Å²) in [5.41, 5.74) is 2.14. The van der Waals surface area contributed by atoms with Crippen molar-refractivity contribution in [2.75, 3.05) is 50.8 Å². The van der Waals surface area contributed by atoms with Gasteiger partial charge in [0.05, 0.1) is 18.4 Å². The van der Waals surface area contributed by atoms with E-state index in [4.69, 9.17) is 9.73 Å². The summed E-state index contributed by atoms with van der Waals surface area (Å²) in [7, 11) is 1.86. The Morgan fingerprint density at radius 3 is 2.65 bits per heavy atom. The van der Waals surface area contributed by atoms with Gasteiger partial charge in [0.2, 0.25) is 5.91 Å². The van der Waals surface area contributed by atoms with Gasteiger partial charge in [0.1, 0.15) is 6.54 Å². The molecule has 0 unspecified atom stereocenters. The van der Waals surface area contributed by atoms with Crippen molar-refractivity contribution in [1.82, 2.24) is 20.0 Å². The number of aliphatic imine (C=N–C) groups is 1. The van der Waals surface area contributed by atoms with E-state index in [1.807, 2.05) is 13.2 Å². The van der Waals surface area contributed by atoms with Crippen LogP contribution in [0.5, 0.6) is 0 Å². The second kappa shape index (κ2) is 9.51. The van der Waals surface area contributed by atoms with Crippen molar-refractivity contribution in [3.8, 4) is 0 Å². The smallest absolute Gasteiger partial charge is 0.246 e. The fourth-order valence-electron chi connectivity index (χ4n) is 4.42. The molecule has 0 radical (unpaired) electrons. The molecule has 1 aromatic carbocycles. The average molecular weight is 425 g/mol. The molecule has 0 bridgehead atoms. The summed E-state index contributed by atoms with van der Waals surface area (Å²) >= 11 is 0. The highest BCUT2D eigenvalue weighted by molar-refractivity contribution is 5.98. The summed E-state index contributed by atoms with van der Waals surface area (Å²) in [6.07, 6.45) is 5.52. The van der Waals surface area contributed by atoms with Crippen LogP contribution in [0, 0.1) is 0 Å². The Kier molecular flexibility index (Phi) is 6.56. The van der Waals surface area contributed by atoms with Crippen LogP contribution in [-0.4, -0.2) is 72.5 Å². The van der Waals surface area contributed by atoms with Crippen molar-refractivity contribution < 1.29 is 9.53 Å². The molecule has 2 aliphatic heterocycles. The minimum atomic E-state index is -0.0261. The number of hydrogen-bond donors (Lipinski definition) is 1. The van der Waals surface area contributed by atoms with Crippen molar-refractivity contribution >= 4 is 17.6 Å². The van der Waals surface area contributed by atoms with E-state index in [1.54, 1.807) is 15.8 Å². The van der Waals surface area contributed by atoms with Gasteiger partial charge in [-0.25, -0.2) is 0 Å². The third kappa shape index (κ3) is 4.74. The molecule has 1 amide bonds. The van der Waals surface area contributed by atoms with Crippen LogP contribution in [0.1, 0.15) is 25.3 Å². The molecule has 2 aromatic rings. The molecule has 31 heavy (non-hydrogen) atoms. The summed E-state index contributed by atoms with van der Waals surface area (Å²) in [4.78, 5) is 21.8. The second-order valence-corrected chi connectivity index (χ2v) is 8.27. The third-order valence-corrected chi connectivity index (χ3v) is 6.23. The van der Waals surface area contributed by atoms with Crippen molar-refractivity contribution in [3.05, 3.63) is 48.3 Å². The van der Waals surface area contributed by atoms with Gasteiger partial charge in [0, 0.05) is 51.5 Å². The fourth-order valence-corrected chi connectivity index (χ4v) is 4.42. The summed E-state index contributed by atoms with van der Waals surface area (Å²) in [5, 5.41) is 7.59. The number of benzene rings is 1. The first kappa shape index (κ1) is 21.4. The van der Waals surface area contributed by atoms with Crippen LogP contribution >= 0.6 is 0 Å². The van der Waals surface area contributed by atoms with E-state index in [0.717, 1.165) is 50.8 Å². The number of nitrogens with zero attached hydrogens (tertiary/aromatic N) is 5. The first-order valence-corrected chi connectivity index (χ1v) is 11.1. The van der Waals surface area contributed by atoms with E-state index < -0.39 is 0 Å². The molecule has 0 spiro atoms. The zero-order valence-corrected chi connectivity index (χ0v) is 18.5. The Labute approximate surface area is 183 Å². The van der Waals surface area contributed by atoms with Crippen LogP contribution in [0.25, 0.3) is 0 Å². The van der Waals surface area contributed by atoms with Gasteiger partial charge >= 0.3 is 0 Å². The van der Waals surface area contributed by atoms with Gasteiger partial charge < -0.3 is 19.9 Å². The fraction of sp³-hybridized carbons (Fsp3) is 0.522. The van der Waals surface area contributed by atoms with Crippen molar-refractivity contribution in [3.63, 3.8) is 0 Å². The van der Waals surface area contributed by atoms with Crippen molar-refractivity contribution in [1.29, 1.82) is 0 Å². The number of rotatable bonds is 5.